The van der Waals surface area contributed by atoms with Crippen LogP contribution in [0.5, 0.6) is 0 Å². The molecule has 0 saturated heterocycles. The van der Waals surface area contributed by atoms with Gasteiger partial charge < -0.3 is 5.32 Å². The Morgan fingerprint density at radius 1 is 1.19 bits per heavy atom. The molecule has 0 aliphatic carbocycles. The van der Waals surface area contributed by atoms with Crippen molar-refractivity contribution < 1.29 is 0 Å². The molecule has 1 aromatic carbocycles. The average molecular weight is 285 g/mol. The molecule has 0 aliphatic rings. The predicted molar refractivity (Wildman–Crippen MR) is 88.5 cm³/mol. The van der Waals surface area contributed by atoms with E-state index >= 15 is 0 Å². The SMILES string of the molecule is CCCNC(CCc1ccccc1)c1c(C)nn(C)c1C. The summed E-state index contributed by atoms with van der Waals surface area (Å²) in [5.41, 5.74) is 5.20. The third kappa shape index (κ3) is 3.94. The lowest BCUT2D eigenvalue weighted by Crippen LogP contribution is -2.24. The van der Waals surface area contributed by atoms with Gasteiger partial charge in [0.05, 0.1) is 5.69 Å². The van der Waals surface area contributed by atoms with E-state index in [1.807, 2.05) is 11.7 Å². The van der Waals surface area contributed by atoms with Gasteiger partial charge in [0.15, 0.2) is 0 Å². The second-order valence-corrected chi connectivity index (χ2v) is 5.74. The Morgan fingerprint density at radius 3 is 2.48 bits per heavy atom. The van der Waals surface area contributed by atoms with E-state index in [2.05, 4.69) is 61.5 Å². The maximum Gasteiger partial charge on any atom is 0.0644 e. The molecule has 0 amide bonds. The van der Waals surface area contributed by atoms with E-state index in [0.29, 0.717) is 6.04 Å². The van der Waals surface area contributed by atoms with Crippen LogP contribution in [0.1, 0.15) is 48.3 Å². The maximum absolute atomic E-state index is 4.57. The van der Waals surface area contributed by atoms with Crippen LogP contribution in [0.15, 0.2) is 30.3 Å². The molecule has 0 aliphatic heterocycles. The first kappa shape index (κ1) is 15.8. The van der Waals surface area contributed by atoms with E-state index in [9.17, 15) is 0 Å². The van der Waals surface area contributed by atoms with Crippen molar-refractivity contribution in [2.45, 2.75) is 46.1 Å². The summed E-state index contributed by atoms with van der Waals surface area (Å²) in [5, 5.41) is 8.27. The molecule has 1 atom stereocenters. The quantitative estimate of drug-likeness (QED) is 0.840. The molecule has 0 saturated carbocycles. The van der Waals surface area contributed by atoms with Gasteiger partial charge in [0.1, 0.15) is 0 Å². The molecule has 1 N–H and O–H groups in total. The highest BCUT2D eigenvalue weighted by Gasteiger charge is 2.19. The molecule has 3 nitrogen and oxygen atoms in total. The second kappa shape index (κ2) is 7.41. The van der Waals surface area contributed by atoms with Crippen LogP contribution in [0.3, 0.4) is 0 Å². The summed E-state index contributed by atoms with van der Waals surface area (Å²) >= 11 is 0. The number of rotatable bonds is 7. The van der Waals surface area contributed by atoms with Gasteiger partial charge in [-0.2, -0.15) is 5.10 Å². The number of aromatic nitrogens is 2. The Hall–Kier alpha value is -1.61. The van der Waals surface area contributed by atoms with Crippen LogP contribution in [0.2, 0.25) is 0 Å². The van der Waals surface area contributed by atoms with Crippen molar-refractivity contribution in [1.29, 1.82) is 0 Å². The Morgan fingerprint density at radius 2 is 1.90 bits per heavy atom. The lowest BCUT2D eigenvalue weighted by atomic mass is 9.97. The number of nitrogens with one attached hydrogen (secondary N) is 1. The molecule has 0 bridgehead atoms. The summed E-state index contributed by atoms with van der Waals surface area (Å²) in [6, 6.07) is 11.1. The maximum atomic E-state index is 4.57. The van der Waals surface area contributed by atoms with Crippen molar-refractivity contribution >= 4 is 0 Å². The number of hydrogen-bond donors (Lipinski definition) is 1. The van der Waals surface area contributed by atoms with Gasteiger partial charge in [-0.15, -0.1) is 0 Å². The summed E-state index contributed by atoms with van der Waals surface area (Å²) in [6.07, 6.45) is 3.35. The van der Waals surface area contributed by atoms with Gasteiger partial charge in [-0.3, -0.25) is 4.68 Å². The fourth-order valence-electron chi connectivity index (χ4n) is 2.92. The van der Waals surface area contributed by atoms with Crippen LogP contribution in [-0.4, -0.2) is 16.3 Å². The largest absolute Gasteiger partial charge is 0.310 e. The highest BCUT2D eigenvalue weighted by atomic mass is 15.3. The van der Waals surface area contributed by atoms with Crippen LogP contribution in [0.4, 0.5) is 0 Å². The fraction of sp³-hybridized carbons (Fsp3) is 0.500. The average Bonchev–Trinajstić information content (AvgIpc) is 2.74. The van der Waals surface area contributed by atoms with E-state index in [-0.39, 0.29) is 0 Å². The van der Waals surface area contributed by atoms with Gasteiger partial charge in [-0.25, -0.2) is 0 Å². The minimum atomic E-state index is 0.388. The van der Waals surface area contributed by atoms with Crippen LogP contribution in [-0.2, 0) is 13.5 Å². The summed E-state index contributed by atoms with van der Waals surface area (Å²) in [5.74, 6) is 0. The molecule has 0 radical (unpaired) electrons. The second-order valence-electron chi connectivity index (χ2n) is 5.74. The van der Waals surface area contributed by atoms with Crippen LogP contribution < -0.4 is 5.32 Å². The van der Waals surface area contributed by atoms with Crippen molar-refractivity contribution in [3.8, 4) is 0 Å². The van der Waals surface area contributed by atoms with E-state index in [1.165, 1.54) is 16.8 Å². The van der Waals surface area contributed by atoms with Crippen molar-refractivity contribution in [2.75, 3.05) is 6.54 Å². The van der Waals surface area contributed by atoms with Crippen LogP contribution in [0.25, 0.3) is 0 Å². The minimum Gasteiger partial charge on any atom is -0.310 e. The smallest absolute Gasteiger partial charge is 0.0644 e. The highest BCUT2D eigenvalue weighted by molar-refractivity contribution is 5.28. The number of aryl methyl sites for hydroxylation is 3. The molecule has 1 aromatic heterocycles. The third-order valence-electron chi connectivity index (χ3n) is 4.12. The number of benzene rings is 1. The molecular formula is C18H27N3. The lowest BCUT2D eigenvalue weighted by molar-refractivity contribution is 0.495. The molecular weight excluding hydrogens is 258 g/mol. The standard InChI is InChI=1S/C18H27N3/c1-5-13-19-17(12-11-16-9-7-6-8-10-16)18-14(2)20-21(4)15(18)3/h6-10,17,19H,5,11-13H2,1-4H3. The van der Waals surface area contributed by atoms with Gasteiger partial charge in [0.2, 0.25) is 0 Å². The Bertz CT molecular complexity index is 557. The van der Waals surface area contributed by atoms with Crippen molar-refractivity contribution in [3.63, 3.8) is 0 Å². The molecule has 2 aromatic rings. The van der Waals surface area contributed by atoms with Gasteiger partial charge in [0, 0.05) is 24.3 Å². The first-order chi connectivity index (χ1) is 10.1. The molecule has 0 spiro atoms. The molecule has 1 unspecified atom stereocenters. The normalized spacial score (nSPS) is 12.6. The van der Waals surface area contributed by atoms with Gasteiger partial charge >= 0.3 is 0 Å². The van der Waals surface area contributed by atoms with E-state index < -0.39 is 0 Å². The van der Waals surface area contributed by atoms with E-state index in [4.69, 9.17) is 0 Å². The zero-order valence-electron chi connectivity index (χ0n) is 13.7. The zero-order chi connectivity index (χ0) is 15.2. The van der Waals surface area contributed by atoms with E-state index in [0.717, 1.165) is 31.5 Å². The first-order valence-corrected chi connectivity index (χ1v) is 7.90. The minimum absolute atomic E-state index is 0.388. The summed E-state index contributed by atoms with van der Waals surface area (Å²) < 4.78 is 1.99. The summed E-state index contributed by atoms with van der Waals surface area (Å²) in [4.78, 5) is 0. The monoisotopic (exact) mass is 285 g/mol. The van der Waals surface area contributed by atoms with Crippen molar-refractivity contribution in [3.05, 3.63) is 52.8 Å². The van der Waals surface area contributed by atoms with Crippen molar-refractivity contribution in [1.82, 2.24) is 15.1 Å². The molecule has 1 heterocycles. The first-order valence-electron chi connectivity index (χ1n) is 7.90. The van der Waals surface area contributed by atoms with E-state index in [1.54, 1.807) is 0 Å². The lowest BCUT2D eigenvalue weighted by Gasteiger charge is -2.19. The van der Waals surface area contributed by atoms with Crippen molar-refractivity contribution in [2.24, 2.45) is 7.05 Å². The van der Waals surface area contributed by atoms with Gasteiger partial charge in [0.25, 0.3) is 0 Å². The number of nitrogens with zero attached hydrogens (tertiary/aromatic N) is 2. The number of hydrogen-bond acceptors (Lipinski definition) is 2. The Labute approximate surface area is 128 Å². The van der Waals surface area contributed by atoms with Crippen LogP contribution >= 0.6 is 0 Å². The van der Waals surface area contributed by atoms with Gasteiger partial charge in [-0.05, 0) is 45.2 Å². The van der Waals surface area contributed by atoms with Gasteiger partial charge in [-0.1, -0.05) is 37.3 Å². The Balaban J connectivity index is 2.14. The molecule has 0 fully saturated rings. The predicted octanol–water partition coefficient (Wildman–Crippen LogP) is 3.71. The molecule has 21 heavy (non-hydrogen) atoms. The summed E-state index contributed by atoms with van der Waals surface area (Å²) in [7, 11) is 2.03. The fourth-order valence-corrected chi connectivity index (χ4v) is 2.92. The molecule has 3 heteroatoms. The highest BCUT2D eigenvalue weighted by Crippen LogP contribution is 2.25. The topological polar surface area (TPSA) is 29.9 Å². The molecule has 2 rings (SSSR count). The summed E-state index contributed by atoms with van der Waals surface area (Å²) in [6.45, 7) is 7.54. The molecule has 114 valence electrons. The van der Waals surface area contributed by atoms with Crippen LogP contribution in [0, 0.1) is 13.8 Å². The third-order valence-corrected chi connectivity index (χ3v) is 4.12. The Kier molecular flexibility index (Phi) is 5.57. The zero-order valence-corrected chi connectivity index (χ0v) is 13.7.